The quantitative estimate of drug-likeness (QED) is 0.789. The first kappa shape index (κ1) is 14.5. The molecule has 0 atom stereocenters. The van der Waals surface area contributed by atoms with Crippen LogP contribution in [0.5, 0.6) is 0 Å². The zero-order valence-corrected chi connectivity index (χ0v) is 13.2. The Balaban J connectivity index is 1.58. The van der Waals surface area contributed by atoms with Gasteiger partial charge in [0, 0.05) is 42.5 Å². The zero-order chi connectivity index (χ0) is 16.4. The Bertz CT molecular complexity index is 874. The molecular weight excluding hydrogens is 298 g/mol. The van der Waals surface area contributed by atoms with Crippen LogP contribution in [0.15, 0.2) is 48.7 Å². The molecule has 0 saturated heterocycles. The average molecular weight is 315 g/mol. The van der Waals surface area contributed by atoms with E-state index >= 15 is 0 Å². The normalized spacial score (nSPS) is 13.9. The number of H-pyrrole nitrogens is 1. The minimum atomic E-state index is 0.592. The molecule has 4 rings (SSSR count). The third kappa shape index (κ3) is 2.63. The number of nitriles is 1. The molecule has 3 aromatic rings. The van der Waals surface area contributed by atoms with E-state index in [4.69, 9.17) is 5.26 Å². The number of hydrogen-bond donors (Lipinski definition) is 1. The molecular formula is C19H17N5. The molecule has 1 N–H and O–H groups in total. The van der Waals surface area contributed by atoms with Gasteiger partial charge in [-0.25, -0.2) is 4.98 Å². The molecule has 5 heteroatoms. The van der Waals surface area contributed by atoms with E-state index in [2.05, 4.69) is 38.3 Å². The lowest BCUT2D eigenvalue weighted by molar-refractivity contribution is 0.779. The maximum Gasteiger partial charge on any atom is 0.128 e. The summed E-state index contributed by atoms with van der Waals surface area (Å²) in [6.45, 7) is 1.79. The Kier molecular flexibility index (Phi) is 3.72. The fourth-order valence-electron chi connectivity index (χ4n) is 3.19. The van der Waals surface area contributed by atoms with Gasteiger partial charge in [0.1, 0.15) is 11.9 Å². The lowest BCUT2D eigenvalue weighted by Crippen LogP contribution is -2.27. The summed E-state index contributed by atoms with van der Waals surface area (Å²) >= 11 is 0. The molecule has 0 unspecified atom stereocenters. The largest absolute Gasteiger partial charge is 0.356 e. The van der Waals surface area contributed by atoms with Gasteiger partial charge >= 0.3 is 0 Å². The summed E-state index contributed by atoms with van der Waals surface area (Å²) in [5.41, 5.74) is 5.32. The molecule has 1 aromatic carbocycles. The van der Waals surface area contributed by atoms with E-state index < -0.39 is 0 Å². The number of aromatic nitrogens is 3. The van der Waals surface area contributed by atoms with E-state index in [0.717, 1.165) is 43.0 Å². The molecule has 24 heavy (non-hydrogen) atoms. The van der Waals surface area contributed by atoms with Crippen molar-refractivity contribution < 1.29 is 0 Å². The highest BCUT2D eigenvalue weighted by Gasteiger charge is 2.20. The summed E-state index contributed by atoms with van der Waals surface area (Å²) in [7, 11) is 0. The standard InChI is InChI=1S/C19H17N5/c20-12-14-6-7-18(21-13-14)24-10-8-16-17(9-11-24)22-23-19(16)15-4-2-1-3-5-15/h1-7,13H,8-11H2,(H,22,23). The van der Waals surface area contributed by atoms with Crippen LogP contribution in [0.2, 0.25) is 0 Å². The number of benzene rings is 1. The molecule has 2 aromatic heterocycles. The molecule has 0 radical (unpaired) electrons. The van der Waals surface area contributed by atoms with E-state index in [1.165, 1.54) is 11.3 Å². The lowest BCUT2D eigenvalue weighted by Gasteiger charge is -2.21. The highest BCUT2D eigenvalue weighted by Crippen LogP contribution is 2.27. The maximum atomic E-state index is 8.90. The minimum Gasteiger partial charge on any atom is -0.356 e. The fourth-order valence-corrected chi connectivity index (χ4v) is 3.19. The van der Waals surface area contributed by atoms with Crippen molar-refractivity contribution in [2.24, 2.45) is 0 Å². The smallest absolute Gasteiger partial charge is 0.128 e. The van der Waals surface area contributed by atoms with Crippen LogP contribution >= 0.6 is 0 Å². The van der Waals surface area contributed by atoms with Gasteiger partial charge in [0.05, 0.1) is 11.3 Å². The van der Waals surface area contributed by atoms with E-state index in [0.29, 0.717) is 5.56 Å². The van der Waals surface area contributed by atoms with Crippen molar-refractivity contribution in [1.29, 1.82) is 5.26 Å². The van der Waals surface area contributed by atoms with Crippen LogP contribution in [0, 0.1) is 11.3 Å². The van der Waals surface area contributed by atoms with Crippen LogP contribution in [0.4, 0.5) is 5.82 Å². The van der Waals surface area contributed by atoms with Gasteiger partial charge in [-0.3, -0.25) is 5.10 Å². The molecule has 118 valence electrons. The van der Waals surface area contributed by atoms with Gasteiger partial charge in [0.15, 0.2) is 0 Å². The second-order valence-corrected chi connectivity index (χ2v) is 5.90. The third-order valence-corrected chi connectivity index (χ3v) is 4.46. The number of nitrogens with one attached hydrogen (secondary N) is 1. The summed E-state index contributed by atoms with van der Waals surface area (Å²) in [6.07, 6.45) is 3.48. The number of hydrogen-bond acceptors (Lipinski definition) is 4. The predicted octanol–water partition coefficient (Wildman–Crippen LogP) is 2.95. The van der Waals surface area contributed by atoms with Gasteiger partial charge in [0.2, 0.25) is 0 Å². The second kappa shape index (κ2) is 6.17. The van der Waals surface area contributed by atoms with E-state index in [9.17, 15) is 0 Å². The first-order valence-corrected chi connectivity index (χ1v) is 8.08. The van der Waals surface area contributed by atoms with Crippen molar-refractivity contribution in [3.63, 3.8) is 0 Å². The monoisotopic (exact) mass is 315 g/mol. The summed E-state index contributed by atoms with van der Waals surface area (Å²) in [6, 6.07) is 16.2. The Morgan fingerprint density at radius 3 is 2.62 bits per heavy atom. The van der Waals surface area contributed by atoms with Gasteiger partial charge in [-0.2, -0.15) is 10.4 Å². The molecule has 0 aliphatic carbocycles. The lowest BCUT2D eigenvalue weighted by atomic mass is 10.0. The Morgan fingerprint density at radius 2 is 1.88 bits per heavy atom. The number of anilines is 1. The molecule has 0 bridgehead atoms. The van der Waals surface area contributed by atoms with E-state index in [1.807, 2.05) is 30.3 Å². The van der Waals surface area contributed by atoms with Gasteiger partial charge in [-0.05, 0) is 18.6 Å². The highest BCUT2D eigenvalue weighted by atomic mass is 15.2. The number of rotatable bonds is 2. The van der Waals surface area contributed by atoms with Gasteiger partial charge in [-0.15, -0.1) is 0 Å². The maximum absolute atomic E-state index is 8.90. The Morgan fingerprint density at radius 1 is 1.04 bits per heavy atom. The number of pyridine rings is 1. The van der Waals surface area contributed by atoms with Gasteiger partial charge in [0.25, 0.3) is 0 Å². The van der Waals surface area contributed by atoms with Crippen molar-refractivity contribution in [2.45, 2.75) is 12.8 Å². The number of nitrogens with zero attached hydrogens (tertiary/aromatic N) is 4. The molecule has 0 amide bonds. The van der Waals surface area contributed by atoms with Gasteiger partial charge in [-0.1, -0.05) is 30.3 Å². The Hall–Kier alpha value is -3.13. The summed E-state index contributed by atoms with van der Waals surface area (Å²) in [4.78, 5) is 6.69. The predicted molar refractivity (Wildman–Crippen MR) is 92.6 cm³/mol. The van der Waals surface area contributed by atoms with Crippen molar-refractivity contribution in [3.8, 4) is 17.3 Å². The van der Waals surface area contributed by atoms with Crippen LogP contribution in [0.3, 0.4) is 0 Å². The minimum absolute atomic E-state index is 0.592. The number of fused-ring (bicyclic) bond motifs is 1. The molecule has 1 aliphatic rings. The summed E-state index contributed by atoms with van der Waals surface area (Å²) in [5, 5.41) is 16.6. The molecule has 0 saturated carbocycles. The van der Waals surface area contributed by atoms with Crippen molar-refractivity contribution in [1.82, 2.24) is 15.2 Å². The molecule has 1 aliphatic heterocycles. The topological polar surface area (TPSA) is 68.6 Å². The van der Waals surface area contributed by atoms with Crippen LogP contribution < -0.4 is 4.90 Å². The van der Waals surface area contributed by atoms with Crippen LogP contribution in [0.25, 0.3) is 11.3 Å². The molecule has 0 spiro atoms. The zero-order valence-electron chi connectivity index (χ0n) is 13.2. The molecule has 3 heterocycles. The molecule has 5 nitrogen and oxygen atoms in total. The third-order valence-electron chi connectivity index (χ3n) is 4.46. The highest BCUT2D eigenvalue weighted by molar-refractivity contribution is 5.64. The first-order valence-electron chi connectivity index (χ1n) is 8.08. The van der Waals surface area contributed by atoms with Crippen LogP contribution in [-0.4, -0.2) is 28.3 Å². The van der Waals surface area contributed by atoms with Gasteiger partial charge < -0.3 is 4.90 Å². The Labute approximate surface area is 140 Å². The fraction of sp³-hybridized carbons (Fsp3) is 0.211. The number of aromatic amines is 1. The molecule has 0 fully saturated rings. The second-order valence-electron chi connectivity index (χ2n) is 5.90. The first-order chi connectivity index (χ1) is 11.8. The van der Waals surface area contributed by atoms with Crippen LogP contribution in [-0.2, 0) is 12.8 Å². The average Bonchev–Trinajstić information content (AvgIpc) is 2.94. The van der Waals surface area contributed by atoms with E-state index in [1.54, 1.807) is 6.20 Å². The SMILES string of the molecule is N#Cc1ccc(N2CCc3[nH]nc(-c4ccccc4)c3CC2)nc1. The van der Waals surface area contributed by atoms with Crippen LogP contribution in [0.1, 0.15) is 16.8 Å². The van der Waals surface area contributed by atoms with Crippen molar-refractivity contribution >= 4 is 5.82 Å². The van der Waals surface area contributed by atoms with Crippen molar-refractivity contribution in [2.75, 3.05) is 18.0 Å². The van der Waals surface area contributed by atoms with E-state index in [-0.39, 0.29) is 0 Å². The summed E-state index contributed by atoms with van der Waals surface area (Å²) in [5.74, 6) is 0.924. The van der Waals surface area contributed by atoms with Crippen molar-refractivity contribution in [3.05, 3.63) is 65.5 Å². The summed E-state index contributed by atoms with van der Waals surface area (Å²) < 4.78 is 0.